The molecular weight excluding hydrogens is 494 g/mol. The number of hydrogen-bond acceptors (Lipinski definition) is 6. The number of sulfonamides is 1. The summed E-state index contributed by atoms with van der Waals surface area (Å²) in [4.78, 5) is 26.3. The predicted molar refractivity (Wildman–Crippen MR) is 117 cm³/mol. The van der Waals surface area contributed by atoms with E-state index in [-0.39, 0.29) is 47.6 Å². The van der Waals surface area contributed by atoms with Crippen molar-refractivity contribution in [3.05, 3.63) is 50.4 Å². The molecule has 2 aromatic heterocycles. The summed E-state index contributed by atoms with van der Waals surface area (Å²) in [5, 5.41) is 0. The molecule has 30 heavy (non-hydrogen) atoms. The van der Waals surface area contributed by atoms with Gasteiger partial charge in [0.2, 0.25) is 10.0 Å². The van der Waals surface area contributed by atoms with Crippen molar-refractivity contribution in [2.75, 3.05) is 26.2 Å². The number of hydrogen-bond donors (Lipinski definition) is 0. The Morgan fingerprint density at radius 3 is 2.53 bits per heavy atom. The van der Waals surface area contributed by atoms with Gasteiger partial charge in [0.15, 0.2) is 10.4 Å². The Labute approximate surface area is 185 Å². The number of nitrogens with zero attached hydrogens (tertiary/aromatic N) is 3. The first-order valence-corrected chi connectivity index (χ1v) is 12.5. The number of carbonyl (C=O) groups is 1. The molecule has 11 heteroatoms. The minimum atomic E-state index is -3.72. The van der Waals surface area contributed by atoms with Gasteiger partial charge in [-0.3, -0.25) is 14.2 Å². The lowest BCUT2D eigenvalue weighted by molar-refractivity contribution is 0.0664. The SMILES string of the molecule is CCCn1c(=O)sc2cc(S(=O)(=O)N3CCN(C(=O)c4ccc(Br)o4)CC3)ccc21. The van der Waals surface area contributed by atoms with Crippen molar-refractivity contribution in [1.29, 1.82) is 0 Å². The zero-order valence-electron chi connectivity index (χ0n) is 16.2. The minimum absolute atomic E-state index is 0.0851. The van der Waals surface area contributed by atoms with Crippen LogP contribution < -0.4 is 4.87 Å². The van der Waals surface area contributed by atoms with Crippen LogP contribution in [0.3, 0.4) is 0 Å². The summed E-state index contributed by atoms with van der Waals surface area (Å²) >= 11 is 4.23. The van der Waals surface area contributed by atoms with Crippen molar-refractivity contribution in [2.24, 2.45) is 0 Å². The van der Waals surface area contributed by atoms with E-state index in [1.54, 1.807) is 39.8 Å². The number of benzene rings is 1. The molecule has 0 N–H and O–H groups in total. The Kier molecular flexibility index (Phi) is 5.88. The second-order valence-electron chi connectivity index (χ2n) is 6.95. The molecule has 0 saturated carbocycles. The lowest BCUT2D eigenvalue weighted by Gasteiger charge is -2.33. The molecule has 1 aromatic carbocycles. The quantitative estimate of drug-likeness (QED) is 0.522. The Hall–Kier alpha value is -1.95. The molecule has 1 aliphatic rings. The average molecular weight is 514 g/mol. The highest BCUT2D eigenvalue weighted by Crippen LogP contribution is 2.25. The van der Waals surface area contributed by atoms with E-state index in [2.05, 4.69) is 15.9 Å². The highest BCUT2D eigenvalue weighted by molar-refractivity contribution is 9.10. The molecule has 1 amide bonds. The van der Waals surface area contributed by atoms with E-state index >= 15 is 0 Å². The number of furan rings is 1. The van der Waals surface area contributed by atoms with Gasteiger partial charge in [-0.05, 0) is 52.7 Å². The summed E-state index contributed by atoms with van der Waals surface area (Å²) < 4.78 is 35.7. The molecule has 0 atom stereocenters. The highest BCUT2D eigenvalue weighted by atomic mass is 79.9. The van der Waals surface area contributed by atoms with Crippen LogP contribution in [0.4, 0.5) is 0 Å². The Morgan fingerprint density at radius 1 is 1.17 bits per heavy atom. The van der Waals surface area contributed by atoms with Gasteiger partial charge < -0.3 is 9.32 Å². The third kappa shape index (κ3) is 3.86. The fourth-order valence-corrected chi connectivity index (χ4v) is 6.29. The Bertz CT molecular complexity index is 1250. The van der Waals surface area contributed by atoms with Gasteiger partial charge in [-0.2, -0.15) is 4.31 Å². The molecule has 1 aliphatic heterocycles. The van der Waals surface area contributed by atoms with E-state index in [0.717, 1.165) is 23.3 Å². The van der Waals surface area contributed by atoms with Crippen LogP contribution in [-0.4, -0.2) is 54.3 Å². The summed E-state index contributed by atoms with van der Waals surface area (Å²) in [6.45, 7) is 3.54. The largest absolute Gasteiger partial charge is 0.444 e. The van der Waals surface area contributed by atoms with Crippen LogP contribution >= 0.6 is 27.3 Å². The maximum atomic E-state index is 13.1. The summed E-state index contributed by atoms with van der Waals surface area (Å²) in [6.07, 6.45) is 0.823. The first kappa shape index (κ1) is 21.3. The molecule has 0 spiro atoms. The molecule has 3 aromatic rings. The molecule has 8 nitrogen and oxygen atoms in total. The van der Waals surface area contributed by atoms with Crippen LogP contribution in [-0.2, 0) is 16.6 Å². The zero-order valence-corrected chi connectivity index (χ0v) is 19.4. The normalized spacial score (nSPS) is 15.7. The smallest absolute Gasteiger partial charge is 0.308 e. The van der Waals surface area contributed by atoms with Gasteiger partial charge in [-0.15, -0.1) is 0 Å². The molecule has 1 fully saturated rings. The number of aryl methyl sites for hydroxylation is 1. The van der Waals surface area contributed by atoms with Crippen molar-refractivity contribution < 1.29 is 17.6 Å². The third-order valence-electron chi connectivity index (χ3n) is 5.03. The summed E-state index contributed by atoms with van der Waals surface area (Å²) in [5.41, 5.74) is 0.755. The fraction of sp³-hybridized carbons (Fsp3) is 0.368. The number of aromatic nitrogens is 1. The number of piperazine rings is 1. The Morgan fingerprint density at radius 2 is 1.90 bits per heavy atom. The van der Waals surface area contributed by atoms with Crippen molar-refractivity contribution in [1.82, 2.24) is 13.8 Å². The van der Waals surface area contributed by atoms with Crippen LogP contribution in [0.2, 0.25) is 0 Å². The fourth-order valence-electron chi connectivity index (χ4n) is 3.51. The van der Waals surface area contributed by atoms with E-state index in [0.29, 0.717) is 15.9 Å². The van der Waals surface area contributed by atoms with Gasteiger partial charge in [0.25, 0.3) is 5.91 Å². The minimum Gasteiger partial charge on any atom is -0.444 e. The molecule has 4 rings (SSSR count). The lowest BCUT2D eigenvalue weighted by Crippen LogP contribution is -2.50. The molecule has 0 aliphatic carbocycles. The topological polar surface area (TPSA) is 92.8 Å². The summed E-state index contributed by atoms with van der Waals surface area (Å²) in [5.74, 6) is -0.0451. The van der Waals surface area contributed by atoms with Crippen molar-refractivity contribution >= 4 is 53.4 Å². The van der Waals surface area contributed by atoms with Gasteiger partial charge in [0, 0.05) is 32.7 Å². The molecule has 3 heterocycles. The first-order valence-electron chi connectivity index (χ1n) is 9.49. The van der Waals surface area contributed by atoms with Gasteiger partial charge in [-0.25, -0.2) is 8.42 Å². The second-order valence-corrected chi connectivity index (χ2v) is 10.7. The number of halogens is 1. The molecule has 0 bridgehead atoms. The maximum absolute atomic E-state index is 13.1. The van der Waals surface area contributed by atoms with Gasteiger partial charge in [-0.1, -0.05) is 18.3 Å². The number of fused-ring (bicyclic) bond motifs is 1. The van der Waals surface area contributed by atoms with E-state index in [1.165, 1.54) is 4.31 Å². The average Bonchev–Trinajstić information content (AvgIpc) is 3.30. The first-order chi connectivity index (χ1) is 14.3. The molecule has 160 valence electrons. The van der Waals surface area contributed by atoms with Gasteiger partial charge in [0.05, 0.1) is 15.1 Å². The molecule has 1 saturated heterocycles. The van der Waals surface area contributed by atoms with E-state index in [4.69, 9.17) is 4.42 Å². The Balaban J connectivity index is 1.52. The predicted octanol–water partition coefficient (Wildman–Crippen LogP) is 2.98. The number of carbonyl (C=O) groups excluding carboxylic acids is 1. The summed E-state index contributed by atoms with van der Waals surface area (Å²) in [7, 11) is -3.72. The van der Waals surface area contributed by atoms with Crippen LogP contribution in [0.5, 0.6) is 0 Å². The molecular formula is C19H20BrN3O5S2. The monoisotopic (exact) mass is 513 g/mol. The van der Waals surface area contributed by atoms with Crippen LogP contribution in [0.15, 0.2) is 49.1 Å². The van der Waals surface area contributed by atoms with Gasteiger partial charge in [0.1, 0.15) is 0 Å². The van der Waals surface area contributed by atoms with E-state index in [1.807, 2.05) is 6.92 Å². The van der Waals surface area contributed by atoms with Gasteiger partial charge >= 0.3 is 4.87 Å². The number of thiazole rings is 1. The zero-order chi connectivity index (χ0) is 21.5. The van der Waals surface area contributed by atoms with Crippen LogP contribution in [0.1, 0.15) is 23.9 Å². The number of amides is 1. The van der Waals surface area contributed by atoms with Crippen molar-refractivity contribution in [3.8, 4) is 0 Å². The highest BCUT2D eigenvalue weighted by Gasteiger charge is 2.31. The molecule has 0 radical (unpaired) electrons. The van der Waals surface area contributed by atoms with Crippen LogP contribution in [0, 0.1) is 0 Å². The van der Waals surface area contributed by atoms with Crippen molar-refractivity contribution in [3.63, 3.8) is 0 Å². The molecule has 0 unspecified atom stereocenters. The lowest BCUT2D eigenvalue weighted by atomic mass is 10.3. The third-order valence-corrected chi connectivity index (χ3v) is 8.30. The standard InChI is InChI=1S/C19H20BrN3O5S2/c1-2-7-23-14-4-3-13(12-16(14)29-19(23)25)30(26,27)22-10-8-21(9-11-22)18(24)15-5-6-17(20)28-15/h3-6,12H,2,7-11H2,1H3. The second kappa shape index (κ2) is 8.29. The van der Waals surface area contributed by atoms with Crippen LogP contribution in [0.25, 0.3) is 10.2 Å². The van der Waals surface area contributed by atoms with E-state index < -0.39 is 10.0 Å². The maximum Gasteiger partial charge on any atom is 0.308 e. The van der Waals surface area contributed by atoms with Crippen molar-refractivity contribution in [2.45, 2.75) is 24.8 Å². The summed E-state index contributed by atoms with van der Waals surface area (Å²) in [6, 6.07) is 8.05. The van der Waals surface area contributed by atoms with E-state index in [9.17, 15) is 18.0 Å². The number of rotatable bonds is 5.